The molecule has 2 N–H and O–H groups in total. The van der Waals surface area contributed by atoms with E-state index in [2.05, 4.69) is 55.3 Å². The van der Waals surface area contributed by atoms with Gasteiger partial charge in [-0.05, 0) is 65.2 Å². The van der Waals surface area contributed by atoms with Gasteiger partial charge >= 0.3 is 0 Å². The lowest BCUT2D eigenvalue weighted by Crippen LogP contribution is -2.44. The molecule has 3 unspecified atom stereocenters. The molecule has 0 spiro atoms. The first kappa shape index (κ1) is 13.4. The van der Waals surface area contributed by atoms with Gasteiger partial charge in [-0.1, -0.05) is 26.8 Å². The van der Waals surface area contributed by atoms with Crippen molar-refractivity contribution in [2.24, 2.45) is 16.7 Å². The molecule has 4 rings (SSSR count). The second kappa shape index (κ2) is 4.36. The van der Waals surface area contributed by atoms with Crippen LogP contribution in [0.1, 0.15) is 45.6 Å². The average Bonchev–Trinajstić information content (AvgIpc) is 3.06. The number of fused-ring (bicyclic) bond motifs is 3. The van der Waals surface area contributed by atoms with Crippen molar-refractivity contribution in [3.8, 4) is 0 Å². The van der Waals surface area contributed by atoms with Crippen LogP contribution < -0.4 is 5.32 Å². The molecular formula is C19H26N2. The van der Waals surface area contributed by atoms with Crippen molar-refractivity contribution < 1.29 is 0 Å². The van der Waals surface area contributed by atoms with Gasteiger partial charge in [0.15, 0.2) is 0 Å². The molecule has 2 aliphatic carbocycles. The average molecular weight is 282 g/mol. The van der Waals surface area contributed by atoms with Crippen molar-refractivity contribution in [1.82, 2.24) is 10.3 Å². The summed E-state index contributed by atoms with van der Waals surface area (Å²) in [4.78, 5) is 3.26. The highest BCUT2D eigenvalue weighted by Gasteiger charge is 2.60. The van der Waals surface area contributed by atoms with Crippen molar-refractivity contribution in [1.29, 1.82) is 0 Å². The summed E-state index contributed by atoms with van der Waals surface area (Å²) in [5.41, 5.74) is 3.59. The van der Waals surface area contributed by atoms with Crippen LogP contribution in [0.2, 0.25) is 0 Å². The number of benzene rings is 1. The zero-order valence-corrected chi connectivity index (χ0v) is 13.4. The molecular weight excluding hydrogens is 256 g/mol. The maximum atomic E-state index is 3.87. The molecule has 2 bridgehead atoms. The van der Waals surface area contributed by atoms with E-state index < -0.39 is 0 Å². The van der Waals surface area contributed by atoms with E-state index in [1.54, 1.807) is 0 Å². The van der Waals surface area contributed by atoms with Gasteiger partial charge in [0.05, 0.1) is 0 Å². The summed E-state index contributed by atoms with van der Waals surface area (Å²) >= 11 is 0. The molecule has 2 heteroatoms. The minimum Gasteiger partial charge on any atom is -0.361 e. The van der Waals surface area contributed by atoms with Crippen LogP contribution in [0.3, 0.4) is 0 Å². The van der Waals surface area contributed by atoms with Gasteiger partial charge in [-0.2, -0.15) is 0 Å². The van der Waals surface area contributed by atoms with Crippen molar-refractivity contribution in [2.45, 2.75) is 52.6 Å². The Labute approximate surface area is 127 Å². The predicted molar refractivity (Wildman–Crippen MR) is 88.2 cm³/mol. The maximum absolute atomic E-state index is 3.87. The van der Waals surface area contributed by atoms with Crippen molar-refractivity contribution >= 4 is 10.9 Å². The van der Waals surface area contributed by atoms with Crippen molar-refractivity contribution in [3.05, 3.63) is 36.0 Å². The van der Waals surface area contributed by atoms with E-state index >= 15 is 0 Å². The Hall–Kier alpha value is -1.28. The molecule has 2 nitrogen and oxygen atoms in total. The fraction of sp³-hybridized carbons (Fsp3) is 0.579. The first-order valence-corrected chi connectivity index (χ1v) is 8.30. The van der Waals surface area contributed by atoms with Gasteiger partial charge in [-0.25, -0.2) is 0 Å². The number of rotatable bonds is 3. The normalized spacial score (nSPS) is 33.9. The summed E-state index contributed by atoms with van der Waals surface area (Å²) in [7, 11) is 0. The Bertz CT molecular complexity index is 669. The van der Waals surface area contributed by atoms with Gasteiger partial charge in [0, 0.05) is 24.3 Å². The van der Waals surface area contributed by atoms with E-state index in [0.29, 0.717) is 16.9 Å². The Balaban J connectivity index is 1.50. The fourth-order valence-corrected chi connectivity index (χ4v) is 4.97. The van der Waals surface area contributed by atoms with Gasteiger partial charge in [-0.15, -0.1) is 0 Å². The summed E-state index contributed by atoms with van der Waals surface area (Å²) < 4.78 is 0. The van der Waals surface area contributed by atoms with Crippen molar-refractivity contribution in [2.75, 3.05) is 0 Å². The van der Waals surface area contributed by atoms with Gasteiger partial charge < -0.3 is 10.3 Å². The number of H-pyrrole nitrogens is 1. The van der Waals surface area contributed by atoms with Gasteiger partial charge in [0.2, 0.25) is 0 Å². The molecule has 2 aliphatic rings. The van der Waals surface area contributed by atoms with Gasteiger partial charge in [0.25, 0.3) is 0 Å². The van der Waals surface area contributed by atoms with Crippen LogP contribution in [-0.4, -0.2) is 11.0 Å². The summed E-state index contributed by atoms with van der Waals surface area (Å²) in [6, 6.07) is 9.57. The third-order valence-corrected chi connectivity index (χ3v) is 6.96. The Morgan fingerprint density at radius 2 is 2.10 bits per heavy atom. The smallest absolute Gasteiger partial charge is 0.0454 e. The number of aromatic amines is 1. The van der Waals surface area contributed by atoms with Crippen LogP contribution in [0.4, 0.5) is 0 Å². The van der Waals surface area contributed by atoms with Crippen LogP contribution >= 0.6 is 0 Å². The molecule has 21 heavy (non-hydrogen) atoms. The molecule has 3 atom stereocenters. The number of nitrogens with one attached hydrogen (secondary N) is 2. The van der Waals surface area contributed by atoms with Crippen LogP contribution in [0.15, 0.2) is 30.5 Å². The Kier molecular flexibility index (Phi) is 2.78. The van der Waals surface area contributed by atoms with E-state index in [0.717, 1.165) is 12.5 Å². The molecule has 1 aromatic heterocycles. The zero-order valence-electron chi connectivity index (χ0n) is 13.4. The minimum atomic E-state index is 0.468. The summed E-state index contributed by atoms with van der Waals surface area (Å²) in [5, 5.41) is 5.19. The van der Waals surface area contributed by atoms with Crippen LogP contribution in [0, 0.1) is 16.7 Å². The Morgan fingerprint density at radius 3 is 2.81 bits per heavy atom. The second-order valence-corrected chi connectivity index (χ2v) is 7.94. The predicted octanol–water partition coefficient (Wildman–Crippen LogP) is 4.47. The quantitative estimate of drug-likeness (QED) is 0.854. The SMILES string of the molecule is CC1(C)C2CCC1(C)C(NCc1ccc3[nH]ccc3c1)C2. The van der Waals surface area contributed by atoms with Gasteiger partial charge in [-0.3, -0.25) is 0 Å². The third kappa shape index (κ3) is 1.81. The van der Waals surface area contributed by atoms with E-state index in [9.17, 15) is 0 Å². The highest BCUT2D eigenvalue weighted by atomic mass is 15.0. The summed E-state index contributed by atoms with van der Waals surface area (Å²) in [6.07, 6.45) is 6.19. The fourth-order valence-electron chi connectivity index (χ4n) is 4.97. The highest BCUT2D eigenvalue weighted by molar-refractivity contribution is 5.79. The molecule has 2 aromatic rings. The summed E-state index contributed by atoms with van der Waals surface area (Å²) in [5.74, 6) is 0.909. The van der Waals surface area contributed by atoms with Crippen LogP contribution in [0.25, 0.3) is 10.9 Å². The van der Waals surface area contributed by atoms with Crippen LogP contribution in [0.5, 0.6) is 0 Å². The van der Waals surface area contributed by atoms with Gasteiger partial charge in [0.1, 0.15) is 0 Å². The molecule has 0 amide bonds. The molecule has 0 saturated heterocycles. The molecule has 2 saturated carbocycles. The maximum Gasteiger partial charge on any atom is 0.0454 e. The topological polar surface area (TPSA) is 27.8 Å². The molecule has 0 radical (unpaired) electrons. The number of hydrogen-bond donors (Lipinski definition) is 2. The number of aromatic nitrogens is 1. The van der Waals surface area contributed by atoms with E-state index in [1.807, 2.05) is 6.20 Å². The minimum absolute atomic E-state index is 0.468. The second-order valence-electron chi connectivity index (χ2n) is 7.94. The third-order valence-electron chi connectivity index (χ3n) is 6.96. The highest BCUT2D eigenvalue weighted by Crippen LogP contribution is 2.65. The first-order chi connectivity index (χ1) is 10.0. The van der Waals surface area contributed by atoms with Crippen molar-refractivity contribution in [3.63, 3.8) is 0 Å². The largest absolute Gasteiger partial charge is 0.361 e. The molecule has 1 aromatic carbocycles. The Morgan fingerprint density at radius 1 is 1.24 bits per heavy atom. The van der Waals surface area contributed by atoms with E-state index in [1.165, 1.54) is 35.7 Å². The molecule has 1 heterocycles. The number of hydrogen-bond acceptors (Lipinski definition) is 1. The lowest BCUT2D eigenvalue weighted by molar-refractivity contribution is 0.120. The first-order valence-electron chi connectivity index (χ1n) is 8.30. The lowest BCUT2D eigenvalue weighted by atomic mass is 9.69. The monoisotopic (exact) mass is 282 g/mol. The lowest BCUT2D eigenvalue weighted by Gasteiger charge is -2.39. The standard InChI is InChI=1S/C19H26N2/c1-18(2)15-6-8-19(18,3)17(11-15)21-12-13-4-5-16-14(10-13)7-9-20-16/h4-5,7,9-10,15,17,20-21H,6,8,11-12H2,1-3H3. The van der Waals surface area contributed by atoms with E-state index in [-0.39, 0.29) is 0 Å². The zero-order chi connectivity index (χ0) is 14.7. The summed E-state index contributed by atoms with van der Waals surface area (Å²) in [6.45, 7) is 8.47. The molecule has 0 aliphatic heterocycles. The van der Waals surface area contributed by atoms with Crippen LogP contribution in [-0.2, 0) is 6.54 Å². The molecule has 112 valence electrons. The molecule has 2 fully saturated rings. The van der Waals surface area contributed by atoms with E-state index in [4.69, 9.17) is 0 Å².